The molecule has 0 radical (unpaired) electrons. The average Bonchev–Trinajstić information content (AvgIpc) is 3.13. The van der Waals surface area contributed by atoms with Gasteiger partial charge in [0.1, 0.15) is 0 Å². The molecule has 4 aliphatic rings. The molecule has 0 spiro atoms. The van der Waals surface area contributed by atoms with E-state index in [0.29, 0.717) is 30.3 Å². The Morgan fingerprint density at radius 3 is 2.56 bits per heavy atom. The van der Waals surface area contributed by atoms with Crippen LogP contribution in [0.15, 0.2) is 36.4 Å². The number of likely N-dealkylation sites (N-methyl/N-ethyl adjacent to an activating group) is 1. The van der Waals surface area contributed by atoms with Crippen molar-refractivity contribution in [3.63, 3.8) is 0 Å². The molecule has 1 aromatic rings. The van der Waals surface area contributed by atoms with Crippen LogP contribution >= 0.6 is 0 Å². The number of hydrogen-bond acceptors (Lipinski definition) is 2. The van der Waals surface area contributed by atoms with Crippen LogP contribution in [-0.2, 0) is 16.1 Å². The summed E-state index contributed by atoms with van der Waals surface area (Å²) in [5.74, 6) is 2.41. The van der Waals surface area contributed by atoms with Gasteiger partial charge < -0.3 is 10.2 Å². The lowest BCUT2D eigenvalue weighted by molar-refractivity contribution is -0.142. The van der Waals surface area contributed by atoms with Crippen LogP contribution in [0.5, 0.6) is 0 Å². The van der Waals surface area contributed by atoms with Gasteiger partial charge >= 0.3 is 0 Å². The van der Waals surface area contributed by atoms with Crippen molar-refractivity contribution in [2.45, 2.75) is 71.9 Å². The van der Waals surface area contributed by atoms with Crippen molar-refractivity contribution in [3.8, 4) is 0 Å². The van der Waals surface area contributed by atoms with Crippen LogP contribution in [0, 0.1) is 41.4 Å². The van der Waals surface area contributed by atoms with Gasteiger partial charge in [-0.05, 0) is 80.3 Å². The van der Waals surface area contributed by atoms with Crippen LogP contribution in [0.25, 0.3) is 0 Å². The topological polar surface area (TPSA) is 49.4 Å². The fourth-order valence-electron chi connectivity index (χ4n) is 8.19. The molecule has 32 heavy (non-hydrogen) atoms. The normalized spacial score (nSPS) is 40.4. The number of carbonyl (C=O) groups excluding carboxylic acids is 2. The third kappa shape index (κ3) is 3.24. The number of carbonyl (C=O) groups is 2. The van der Waals surface area contributed by atoms with Gasteiger partial charge in [-0.2, -0.15) is 0 Å². The Morgan fingerprint density at radius 2 is 1.81 bits per heavy atom. The van der Waals surface area contributed by atoms with Crippen LogP contribution in [0.3, 0.4) is 0 Å². The van der Waals surface area contributed by atoms with E-state index in [2.05, 4.69) is 56.4 Å². The molecule has 7 atom stereocenters. The van der Waals surface area contributed by atoms with Crippen LogP contribution in [-0.4, -0.2) is 29.8 Å². The van der Waals surface area contributed by atoms with E-state index in [0.717, 1.165) is 19.3 Å². The number of nitrogens with one attached hydrogen (secondary N) is 1. The molecule has 1 aromatic carbocycles. The largest absolute Gasteiger partial charge is 0.352 e. The molecule has 172 valence electrons. The van der Waals surface area contributed by atoms with Gasteiger partial charge in [0.15, 0.2) is 0 Å². The van der Waals surface area contributed by atoms with Gasteiger partial charge in [-0.1, -0.05) is 49.8 Å². The van der Waals surface area contributed by atoms with E-state index < -0.39 is 0 Å². The Bertz CT molecular complexity index is 937. The zero-order valence-electron chi connectivity index (χ0n) is 20.1. The van der Waals surface area contributed by atoms with Crippen molar-refractivity contribution >= 4 is 11.8 Å². The first kappa shape index (κ1) is 21.7. The summed E-state index contributed by atoms with van der Waals surface area (Å²) in [6.45, 7) is 7.49. The molecule has 0 unspecified atom stereocenters. The molecule has 1 aliphatic heterocycles. The van der Waals surface area contributed by atoms with Gasteiger partial charge in [-0.3, -0.25) is 9.59 Å². The van der Waals surface area contributed by atoms with Crippen molar-refractivity contribution in [3.05, 3.63) is 47.5 Å². The van der Waals surface area contributed by atoms with Crippen molar-refractivity contribution in [1.29, 1.82) is 0 Å². The second kappa shape index (κ2) is 7.74. The number of rotatable bonds is 3. The Balaban J connectivity index is 1.31. The summed E-state index contributed by atoms with van der Waals surface area (Å²) >= 11 is 0. The lowest BCUT2D eigenvalue weighted by Gasteiger charge is -2.60. The molecule has 0 aromatic heterocycles. The summed E-state index contributed by atoms with van der Waals surface area (Å²) in [5, 5.41) is 3.26. The summed E-state index contributed by atoms with van der Waals surface area (Å²) in [6.07, 6.45) is 10.8. The van der Waals surface area contributed by atoms with E-state index in [1.54, 1.807) is 0 Å². The summed E-state index contributed by atoms with van der Waals surface area (Å²) in [4.78, 5) is 27.6. The summed E-state index contributed by atoms with van der Waals surface area (Å²) in [5.41, 5.74) is 2.58. The third-order valence-electron chi connectivity index (χ3n) is 10.0. The number of hydrogen-bond donors (Lipinski definition) is 1. The Labute approximate surface area is 192 Å². The van der Waals surface area contributed by atoms with Gasteiger partial charge in [0.2, 0.25) is 11.8 Å². The Kier molecular flexibility index (Phi) is 5.26. The first-order valence-electron chi connectivity index (χ1n) is 12.5. The lowest BCUT2D eigenvalue weighted by atomic mass is 9.47. The predicted octanol–water partition coefficient (Wildman–Crippen LogP) is 4.87. The van der Waals surface area contributed by atoms with Crippen molar-refractivity contribution < 1.29 is 9.59 Å². The van der Waals surface area contributed by atoms with E-state index in [1.165, 1.54) is 30.4 Å². The quantitative estimate of drug-likeness (QED) is 0.738. The zero-order valence-corrected chi connectivity index (χ0v) is 20.1. The molecule has 2 amide bonds. The molecule has 5 rings (SSSR count). The highest BCUT2D eigenvalue weighted by Gasteiger charge is 2.61. The van der Waals surface area contributed by atoms with Crippen molar-refractivity contribution in [1.82, 2.24) is 10.2 Å². The first-order chi connectivity index (χ1) is 15.2. The van der Waals surface area contributed by atoms with Gasteiger partial charge in [0.25, 0.3) is 0 Å². The molecule has 4 nitrogen and oxygen atoms in total. The fourth-order valence-corrected chi connectivity index (χ4v) is 8.19. The SMILES string of the molecule is Cc1ccc(CNC(=O)[C@H]2CC[C@H]3[C@@H]4CC[C@H]5N(C)C(=O)C=C[C@]5(C)[C@H]4CC[C@]23C)cc1. The summed E-state index contributed by atoms with van der Waals surface area (Å²) < 4.78 is 0. The van der Waals surface area contributed by atoms with E-state index >= 15 is 0 Å². The molecular formula is C28H38N2O2. The number of amides is 2. The van der Waals surface area contributed by atoms with Crippen LogP contribution in [0.1, 0.15) is 63.5 Å². The maximum absolute atomic E-state index is 13.3. The molecule has 3 fully saturated rings. The fraction of sp³-hybridized carbons (Fsp3) is 0.643. The Hall–Kier alpha value is -2.10. The average molecular weight is 435 g/mol. The molecule has 1 heterocycles. The maximum Gasteiger partial charge on any atom is 0.246 e. The van der Waals surface area contributed by atoms with Gasteiger partial charge in [-0.15, -0.1) is 0 Å². The number of aryl methyl sites for hydroxylation is 1. The van der Waals surface area contributed by atoms with E-state index in [9.17, 15) is 9.59 Å². The van der Waals surface area contributed by atoms with E-state index in [4.69, 9.17) is 0 Å². The molecule has 3 aliphatic carbocycles. The molecule has 1 N–H and O–H groups in total. The standard InChI is InChI=1S/C28H38N2O2/c1-18-5-7-19(8-6-18)17-29-26(32)23-11-10-21-20-9-12-24-28(3,16-14-25(31)30(24)4)22(20)13-15-27(21,23)2/h5-8,14,16,20-24H,9-13,15,17H2,1-4H3,(H,29,32)/t20-,21-,22-,23+,24+,27-,28+/m0/s1. The highest BCUT2D eigenvalue weighted by atomic mass is 16.2. The molecular weight excluding hydrogens is 396 g/mol. The monoisotopic (exact) mass is 434 g/mol. The Morgan fingerprint density at radius 1 is 1.06 bits per heavy atom. The molecule has 3 saturated carbocycles. The number of benzene rings is 1. The van der Waals surface area contributed by atoms with E-state index in [-0.39, 0.29) is 28.6 Å². The zero-order chi connectivity index (χ0) is 22.7. The van der Waals surface area contributed by atoms with Crippen LogP contribution < -0.4 is 5.32 Å². The van der Waals surface area contributed by atoms with E-state index in [1.807, 2.05) is 18.0 Å². The number of fused-ring (bicyclic) bond motifs is 5. The maximum atomic E-state index is 13.3. The number of nitrogens with zero attached hydrogens (tertiary/aromatic N) is 1. The van der Waals surface area contributed by atoms with Gasteiger partial charge in [0, 0.05) is 31.0 Å². The lowest BCUT2D eigenvalue weighted by Crippen LogP contribution is -2.59. The minimum Gasteiger partial charge on any atom is -0.352 e. The van der Waals surface area contributed by atoms with Gasteiger partial charge in [0.05, 0.1) is 0 Å². The second-order valence-corrected chi connectivity index (χ2v) is 11.5. The molecule has 0 saturated heterocycles. The van der Waals surface area contributed by atoms with Gasteiger partial charge in [-0.25, -0.2) is 0 Å². The molecule has 0 bridgehead atoms. The third-order valence-corrected chi connectivity index (χ3v) is 10.0. The predicted molar refractivity (Wildman–Crippen MR) is 127 cm³/mol. The van der Waals surface area contributed by atoms with Crippen molar-refractivity contribution in [2.24, 2.45) is 34.5 Å². The smallest absolute Gasteiger partial charge is 0.246 e. The summed E-state index contributed by atoms with van der Waals surface area (Å²) in [7, 11) is 1.98. The highest BCUT2D eigenvalue weighted by molar-refractivity contribution is 5.89. The first-order valence-corrected chi connectivity index (χ1v) is 12.5. The summed E-state index contributed by atoms with van der Waals surface area (Å²) in [6, 6.07) is 8.76. The molecule has 4 heteroatoms. The minimum atomic E-state index is 0.0681. The highest BCUT2D eigenvalue weighted by Crippen LogP contribution is 2.65. The second-order valence-electron chi connectivity index (χ2n) is 11.5. The van der Waals surface area contributed by atoms with Crippen molar-refractivity contribution in [2.75, 3.05) is 7.05 Å². The van der Waals surface area contributed by atoms with Crippen LogP contribution in [0.2, 0.25) is 0 Å². The minimum absolute atomic E-state index is 0.0681. The van der Waals surface area contributed by atoms with Crippen LogP contribution in [0.4, 0.5) is 0 Å².